The molecule has 0 bridgehead atoms. The molecule has 0 heterocycles. The number of halogens is 1. The molecule has 2 N–H and O–H groups in total. The Morgan fingerprint density at radius 3 is 2.79 bits per heavy atom. The number of nitrogens with one attached hydrogen (secondary N) is 2. The van der Waals surface area contributed by atoms with Crippen LogP contribution in [0.1, 0.15) is 0 Å². The molecule has 1 aromatic rings. The Hall–Kier alpha value is -1.91. The number of carbonyl (C=O) groups is 2. The zero-order valence-electron chi connectivity index (χ0n) is 7.29. The Balaban J connectivity index is 2.56. The Morgan fingerprint density at radius 1 is 1.43 bits per heavy atom. The molecule has 0 aliphatic rings. The van der Waals surface area contributed by atoms with Crippen LogP contribution in [-0.2, 0) is 9.59 Å². The third-order valence-electron chi connectivity index (χ3n) is 1.49. The Labute approximate surface area is 80.1 Å². The van der Waals surface area contributed by atoms with E-state index in [-0.39, 0.29) is 12.2 Å². The lowest BCUT2D eigenvalue weighted by atomic mass is 10.3. The molecule has 0 spiro atoms. The fourth-order valence-corrected chi connectivity index (χ4v) is 0.891. The van der Waals surface area contributed by atoms with E-state index in [0.29, 0.717) is 6.41 Å². The van der Waals surface area contributed by atoms with Gasteiger partial charge in [-0.1, -0.05) is 12.1 Å². The number of benzene rings is 1. The van der Waals surface area contributed by atoms with Crippen molar-refractivity contribution in [3.05, 3.63) is 30.1 Å². The summed E-state index contributed by atoms with van der Waals surface area (Å²) in [6, 6.07) is 5.80. The van der Waals surface area contributed by atoms with Crippen LogP contribution in [-0.4, -0.2) is 18.9 Å². The average Bonchev–Trinajstić information content (AvgIpc) is 2.18. The summed E-state index contributed by atoms with van der Waals surface area (Å²) in [5.74, 6) is -0.978. The molecule has 0 aromatic heterocycles. The van der Waals surface area contributed by atoms with Gasteiger partial charge in [-0.05, 0) is 12.1 Å². The predicted molar refractivity (Wildman–Crippen MR) is 49.1 cm³/mol. The van der Waals surface area contributed by atoms with Crippen molar-refractivity contribution < 1.29 is 14.0 Å². The Bertz CT molecular complexity index is 341. The third kappa shape index (κ3) is 2.85. The van der Waals surface area contributed by atoms with Crippen LogP contribution in [0, 0.1) is 5.82 Å². The number of amides is 2. The summed E-state index contributed by atoms with van der Waals surface area (Å²) in [5.41, 5.74) is 0.102. The van der Waals surface area contributed by atoms with Crippen molar-refractivity contribution in [3.63, 3.8) is 0 Å². The number of hydrogen-bond donors (Lipinski definition) is 2. The topological polar surface area (TPSA) is 58.2 Å². The van der Waals surface area contributed by atoms with Crippen molar-refractivity contribution in [2.75, 3.05) is 11.9 Å². The smallest absolute Gasteiger partial charge is 0.243 e. The predicted octanol–water partition coefficient (Wildman–Crippen LogP) is 0.510. The molecule has 1 aromatic carbocycles. The van der Waals surface area contributed by atoms with E-state index in [1.807, 2.05) is 0 Å². The molecule has 0 radical (unpaired) electrons. The highest BCUT2D eigenvalue weighted by molar-refractivity contribution is 5.93. The van der Waals surface area contributed by atoms with Gasteiger partial charge in [-0.15, -0.1) is 0 Å². The van der Waals surface area contributed by atoms with Gasteiger partial charge in [-0.3, -0.25) is 9.59 Å². The van der Waals surface area contributed by atoms with Gasteiger partial charge in [-0.25, -0.2) is 4.39 Å². The van der Waals surface area contributed by atoms with E-state index in [9.17, 15) is 14.0 Å². The van der Waals surface area contributed by atoms with Crippen molar-refractivity contribution in [1.82, 2.24) is 5.32 Å². The van der Waals surface area contributed by atoms with E-state index in [2.05, 4.69) is 10.6 Å². The summed E-state index contributed by atoms with van der Waals surface area (Å²) in [5, 5.41) is 4.48. The highest BCUT2D eigenvalue weighted by atomic mass is 19.1. The summed E-state index contributed by atoms with van der Waals surface area (Å²) < 4.78 is 13.0. The maximum Gasteiger partial charge on any atom is 0.243 e. The molecule has 0 aliphatic heterocycles. The van der Waals surface area contributed by atoms with E-state index in [1.54, 1.807) is 6.07 Å². The van der Waals surface area contributed by atoms with Gasteiger partial charge in [-0.2, -0.15) is 0 Å². The number of para-hydroxylation sites is 1. The van der Waals surface area contributed by atoms with Crippen molar-refractivity contribution in [2.45, 2.75) is 0 Å². The molecule has 0 atom stereocenters. The van der Waals surface area contributed by atoms with E-state index >= 15 is 0 Å². The van der Waals surface area contributed by atoms with Crippen LogP contribution in [0.4, 0.5) is 10.1 Å². The molecule has 0 unspecified atom stereocenters. The summed E-state index contributed by atoms with van der Waals surface area (Å²) >= 11 is 0. The first kappa shape index (κ1) is 10.2. The lowest BCUT2D eigenvalue weighted by Crippen LogP contribution is -2.27. The van der Waals surface area contributed by atoms with Gasteiger partial charge in [0.1, 0.15) is 5.82 Å². The van der Waals surface area contributed by atoms with Crippen LogP contribution in [0.15, 0.2) is 24.3 Å². The van der Waals surface area contributed by atoms with Crippen molar-refractivity contribution in [3.8, 4) is 0 Å². The van der Waals surface area contributed by atoms with E-state index in [0.717, 1.165) is 0 Å². The van der Waals surface area contributed by atoms with E-state index in [1.165, 1.54) is 18.2 Å². The highest BCUT2D eigenvalue weighted by Gasteiger charge is 2.04. The van der Waals surface area contributed by atoms with Gasteiger partial charge in [0.05, 0.1) is 12.2 Å². The van der Waals surface area contributed by atoms with E-state index in [4.69, 9.17) is 0 Å². The van der Waals surface area contributed by atoms with Gasteiger partial charge >= 0.3 is 0 Å². The lowest BCUT2D eigenvalue weighted by Gasteiger charge is -2.04. The van der Waals surface area contributed by atoms with E-state index < -0.39 is 11.7 Å². The van der Waals surface area contributed by atoms with Gasteiger partial charge < -0.3 is 10.6 Å². The van der Waals surface area contributed by atoms with Crippen LogP contribution in [0.2, 0.25) is 0 Å². The molecule has 0 saturated carbocycles. The summed E-state index contributed by atoms with van der Waals surface area (Å²) in [7, 11) is 0. The summed E-state index contributed by atoms with van der Waals surface area (Å²) in [4.78, 5) is 20.9. The van der Waals surface area contributed by atoms with Crippen LogP contribution in [0.5, 0.6) is 0 Å². The summed E-state index contributed by atoms with van der Waals surface area (Å²) in [6.07, 6.45) is 0.404. The monoisotopic (exact) mass is 196 g/mol. The van der Waals surface area contributed by atoms with Crippen molar-refractivity contribution in [2.24, 2.45) is 0 Å². The zero-order chi connectivity index (χ0) is 10.4. The highest BCUT2D eigenvalue weighted by Crippen LogP contribution is 2.11. The molecule has 2 amide bonds. The second-order valence-corrected chi connectivity index (χ2v) is 2.53. The third-order valence-corrected chi connectivity index (χ3v) is 1.49. The number of carbonyl (C=O) groups excluding carboxylic acids is 2. The van der Waals surface area contributed by atoms with Crippen LogP contribution in [0.3, 0.4) is 0 Å². The van der Waals surface area contributed by atoms with Gasteiger partial charge in [0, 0.05) is 0 Å². The van der Waals surface area contributed by atoms with Crippen LogP contribution < -0.4 is 10.6 Å². The molecule has 0 saturated heterocycles. The minimum absolute atomic E-state index is 0.102. The quantitative estimate of drug-likeness (QED) is 0.689. The van der Waals surface area contributed by atoms with Gasteiger partial charge in [0.15, 0.2) is 0 Å². The molecule has 5 heteroatoms. The SMILES string of the molecule is O=CNCC(=O)Nc1ccccc1F. The molecule has 0 aliphatic carbocycles. The molecule has 74 valence electrons. The maximum absolute atomic E-state index is 13.0. The second-order valence-electron chi connectivity index (χ2n) is 2.53. The largest absolute Gasteiger partial charge is 0.350 e. The molecule has 1 rings (SSSR count). The minimum atomic E-state index is -0.507. The fraction of sp³-hybridized carbons (Fsp3) is 0.111. The summed E-state index contributed by atoms with van der Waals surface area (Å²) in [6.45, 7) is -0.169. The second kappa shape index (κ2) is 4.96. The minimum Gasteiger partial charge on any atom is -0.350 e. The molecular weight excluding hydrogens is 187 g/mol. The van der Waals surface area contributed by atoms with Crippen LogP contribution in [0.25, 0.3) is 0 Å². The Morgan fingerprint density at radius 2 is 2.14 bits per heavy atom. The van der Waals surface area contributed by atoms with Gasteiger partial charge in [0.25, 0.3) is 0 Å². The Kier molecular flexibility index (Phi) is 3.60. The first-order valence-corrected chi connectivity index (χ1v) is 3.95. The van der Waals surface area contributed by atoms with Crippen molar-refractivity contribution in [1.29, 1.82) is 0 Å². The fourth-order valence-electron chi connectivity index (χ4n) is 0.891. The number of anilines is 1. The number of hydrogen-bond acceptors (Lipinski definition) is 2. The normalized spacial score (nSPS) is 9.21. The number of rotatable bonds is 4. The zero-order valence-corrected chi connectivity index (χ0v) is 7.29. The molecular formula is C9H9FN2O2. The first-order valence-electron chi connectivity index (χ1n) is 3.95. The molecule has 0 fully saturated rings. The maximum atomic E-state index is 13.0. The standard InChI is InChI=1S/C9H9FN2O2/c10-7-3-1-2-4-8(7)12-9(14)5-11-6-13/h1-4,6H,5H2,(H,11,13)(H,12,14). The average molecular weight is 196 g/mol. The van der Waals surface area contributed by atoms with Gasteiger partial charge in [0.2, 0.25) is 12.3 Å². The van der Waals surface area contributed by atoms with Crippen molar-refractivity contribution >= 4 is 18.0 Å². The molecule has 4 nitrogen and oxygen atoms in total. The lowest BCUT2D eigenvalue weighted by molar-refractivity contribution is -0.118. The first-order chi connectivity index (χ1) is 6.74. The van der Waals surface area contributed by atoms with Crippen LogP contribution >= 0.6 is 0 Å². The molecule has 14 heavy (non-hydrogen) atoms.